The molecule has 0 fully saturated rings. The first-order valence-electron chi connectivity index (χ1n) is 8.90. The predicted molar refractivity (Wildman–Crippen MR) is 91.2 cm³/mol. The lowest BCUT2D eigenvalue weighted by atomic mass is 9.71. The van der Waals surface area contributed by atoms with E-state index < -0.39 is 23.3 Å². The molecule has 0 heterocycles. The van der Waals surface area contributed by atoms with E-state index in [2.05, 4.69) is 6.26 Å². The van der Waals surface area contributed by atoms with Crippen LogP contribution in [0.25, 0.3) is 0 Å². The molecule has 0 amide bonds. The number of carbonyl (C=O) groups excluding carboxylic acids is 3. The zero-order valence-corrected chi connectivity index (χ0v) is 15.9. The summed E-state index contributed by atoms with van der Waals surface area (Å²) in [4.78, 5) is 32.5. The second kappa shape index (κ2) is 14.0. The maximum atomic E-state index is 10.8. The summed E-state index contributed by atoms with van der Waals surface area (Å²) in [5.41, 5.74) is -0.626. The molecule has 0 aromatic rings. The number of hydrogen-bond donors (Lipinski definition) is 0. The Bertz CT molecular complexity index is 365. The third kappa shape index (κ3) is 13.7. The van der Waals surface area contributed by atoms with Gasteiger partial charge in [-0.25, -0.2) is 0 Å². The Labute approximate surface area is 154 Å². The van der Waals surface area contributed by atoms with E-state index in [-0.39, 0.29) is 38.5 Å². The van der Waals surface area contributed by atoms with Gasteiger partial charge in [0, 0.05) is 17.9 Å². The van der Waals surface area contributed by atoms with Gasteiger partial charge in [0.15, 0.2) is 0 Å². The Balaban J connectivity index is 4.68. The van der Waals surface area contributed by atoms with Crippen molar-refractivity contribution in [3.63, 3.8) is 0 Å². The number of thioether (sulfide) groups is 1. The summed E-state index contributed by atoms with van der Waals surface area (Å²) >= 11 is 1.81. The highest BCUT2D eigenvalue weighted by molar-refractivity contribution is 7.98. The van der Waals surface area contributed by atoms with Crippen LogP contribution in [-0.4, -0.2) is 29.9 Å². The van der Waals surface area contributed by atoms with E-state index in [9.17, 15) is 29.7 Å². The van der Waals surface area contributed by atoms with Crippen LogP contribution in [0.4, 0.5) is 0 Å². The van der Waals surface area contributed by atoms with Crippen LogP contribution in [0.3, 0.4) is 0 Å². The molecule has 7 heteroatoms. The smallest absolute Gasteiger partial charge is 0.0414 e. The maximum absolute atomic E-state index is 10.8. The Kier molecular flexibility index (Phi) is 13.3. The van der Waals surface area contributed by atoms with E-state index in [4.69, 9.17) is 0 Å². The van der Waals surface area contributed by atoms with Crippen LogP contribution in [0.1, 0.15) is 77.0 Å². The fourth-order valence-corrected chi connectivity index (χ4v) is 3.62. The van der Waals surface area contributed by atoms with Crippen molar-refractivity contribution in [2.75, 3.05) is 12.0 Å². The van der Waals surface area contributed by atoms with Gasteiger partial charge in [-0.3, -0.25) is 0 Å². The molecule has 0 radical (unpaired) electrons. The molecule has 0 saturated carbocycles. The molecule has 0 unspecified atom stereocenters. The second-order valence-electron chi connectivity index (χ2n) is 6.63. The van der Waals surface area contributed by atoms with Crippen LogP contribution in [0.5, 0.6) is 0 Å². The van der Waals surface area contributed by atoms with Crippen LogP contribution in [0.15, 0.2) is 0 Å². The number of carbonyl (C=O) groups is 3. The Morgan fingerprint density at radius 2 is 1.08 bits per heavy atom. The first-order chi connectivity index (χ1) is 11.8. The van der Waals surface area contributed by atoms with Crippen molar-refractivity contribution < 1.29 is 29.7 Å². The van der Waals surface area contributed by atoms with Gasteiger partial charge in [0.1, 0.15) is 0 Å². The molecule has 0 aromatic carbocycles. The van der Waals surface area contributed by atoms with Crippen molar-refractivity contribution in [1.29, 1.82) is 0 Å². The van der Waals surface area contributed by atoms with Gasteiger partial charge in [0.2, 0.25) is 0 Å². The highest BCUT2D eigenvalue weighted by atomic mass is 32.2. The van der Waals surface area contributed by atoms with Crippen molar-refractivity contribution in [1.82, 2.24) is 0 Å². The normalized spacial score (nSPS) is 11.4. The van der Waals surface area contributed by atoms with Gasteiger partial charge in [-0.1, -0.05) is 25.7 Å². The van der Waals surface area contributed by atoms with Crippen molar-refractivity contribution in [3.05, 3.63) is 0 Å². The van der Waals surface area contributed by atoms with E-state index in [1.165, 1.54) is 0 Å². The zero-order valence-electron chi connectivity index (χ0n) is 15.1. The topological polar surface area (TPSA) is 120 Å². The van der Waals surface area contributed by atoms with Crippen LogP contribution in [0.2, 0.25) is 0 Å². The summed E-state index contributed by atoms with van der Waals surface area (Å²) in [6, 6.07) is 0. The van der Waals surface area contributed by atoms with Gasteiger partial charge >= 0.3 is 0 Å². The van der Waals surface area contributed by atoms with Gasteiger partial charge in [0.05, 0.1) is 0 Å². The van der Waals surface area contributed by atoms with E-state index in [1.807, 2.05) is 11.8 Å². The van der Waals surface area contributed by atoms with Crippen molar-refractivity contribution in [2.45, 2.75) is 77.0 Å². The standard InChI is InChI=1S/C18H32O6S/c1-25-14-6-4-2-3-5-10-18(11-7-15(19)20,12-8-16(21)22)13-9-17(23)24/h2-14H2,1H3,(H,19,20)(H,21,22)(H,23,24)/p-3. The van der Waals surface area contributed by atoms with Crippen molar-refractivity contribution in [3.8, 4) is 0 Å². The molecule has 0 spiro atoms. The highest BCUT2D eigenvalue weighted by Gasteiger charge is 2.28. The lowest BCUT2D eigenvalue weighted by molar-refractivity contribution is -0.306. The number of carboxylic acid groups (broad SMARTS) is 3. The Morgan fingerprint density at radius 3 is 1.48 bits per heavy atom. The minimum absolute atomic E-state index is 0.201. The minimum atomic E-state index is -1.21. The third-order valence-corrected chi connectivity index (χ3v) is 5.33. The molecule has 0 saturated heterocycles. The average Bonchev–Trinajstić information content (AvgIpc) is 2.54. The molecular weight excluding hydrogens is 344 g/mol. The fourth-order valence-electron chi connectivity index (χ4n) is 3.13. The highest BCUT2D eigenvalue weighted by Crippen LogP contribution is 2.40. The van der Waals surface area contributed by atoms with Crippen LogP contribution in [0, 0.1) is 5.41 Å². The molecule has 0 bridgehead atoms. The van der Waals surface area contributed by atoms with Gasteiger partial charge in [-0.15, -0.1) is 0 Å². The zero-order chi connectivity index (χ0) is 19.1. The number of carboxylic acids is 3. The molecule has 0 aliphatic carbocycles. The quantitative estimate of drug-likeness (QED) is 0.335. The van der Waals surface area contributed by atoms with Crippen LogP contribution >= 0.6 is 11.8 Å². The van der Waals surface area contributed by atoms with Crippen molar-refractivity contribution in [2.24, 2.45) is 5.41 Å². The van der Waals surface area contributed by atoms with Gasteiger partial charge < -0.3 is 29.7 Å². The average molecular weight is 373 g/mol. The molecule has 25 heavy (non-hydrogen) atoms. The number of aliphatic carboxylic acids is 3. The van der Waals surface area contributed by atoms with Gasteiger partial charge in [-0.2, -0.15) is 11.8 Å². The monoisotopic (exact) mass is 373 g/mol. The van der Waals surface area contributed by atoms with Crippen LogP contribution < -0.4 is 15.3 Å². The fraction of sp³-hybridized carbons (Fsp3) is 0.833. The summed E-state index contributed by atoms with van der Waals surface area (Å²) in [7, 11) is 0. The van der Waals surface area contributed by atoms with E-state index in [0.717, 1.165) is 37.9 Å². The van der Waals surface area contributed by atoms with Gasteiger partial charge in [-0.05, 0) is 68.8 Å². The summed E-state index contributed by atoms with van der Waals surface area (Å²) < 4.78 is 0. The molecule has 146 valence electrons. The molecular formula is C18H29O6S-3. The van der Waals surface area contributed by atoms with E-state index in [0.29, 0.717) is 6.42 Å². The molecule has 6 nitrogen and oxygen atoms in total. The van der Waals surface area contributed by atoms with Crippen LogP contribution in [-0.2, 0) is 14.4 Å². The Morgan fingerprint density at radius 1 is 0.680 bits per heavy atom. The number of rotatable bonds is 17. The summed E-state index contributed by atoms with van der Waals surface area (Å²) in [6.07, 6.45) is 7.91. The lowest BCUT2D eigenvalue weighted by Crippen LogP contribution is -2.32. The first kappa shape index (κ1) is 23.8. The minimum Gasteiger partial charge on any atom is -0.550 e. The third-order valence-electron chi connectivity index (χ3n) is 4.63. The second-order valence-corrected chi connectivity index (χ2v) is 7.61. The molecule has 0 rings (SSSR count). The molecule has 0 N–H and O–H groups in total. The molecule has 0 aliphatic rings. The lowest BCUT2D eigenvalue weighted by Gasteiger charge is -2.35. The first-order valence-corrected chi connectivity index (χ1v) is 10.3. The van der Waals surface area contributed by atoms with E-state index >= 15 is 0 Å². The molecule has 0 atom stereocenters. The number of unbranched alkanes of at least 4 members (excludes halogenated alkanes) is 4. The van der Waals surface area contributed by atoms with E-state index in [1.54, 1.807) is 0 Å². The molecule has 0 aliphatic heterocycles. The maximum Gasteiger partial charge on any atom is 0.0414 e. The SMILES string of the molecule is CSCCCCCCCC(CCC(=O)[O-])(CCC(=O)[O-])CCC(=O)[O-]. The number of hydrogen-bond acceptors (Lipinski definition) is 7. The molecule has 0 aromatic heterocycles. The summed E-state index contributed by atoms with van der Waals surface area (Å²) in [5, 5.41) is 32.5. The van der Waals surface area contributed by atoms with Crippen molar-refractivity contribution >= 4 is 29.7 Å². The summed E-state index contributed by atoms with van der Waals surface area (Å²) in [6.45, 7) is 0. The van der Waals surface area contributed by atoms with Gasteiger partial charge in [0.25, 0.3) is 0 Å². The largest absolute Gasteiger partial charge is 0.550 e. The predicted octanol–water partition coefficient (Wildman–Crippen LogP) is 0.267. The Hall–Kier alpha value is -1.24. The summed E-state index contributed by atoms with van der Waals surface area (Å²) in [5.74, 6) is -2.48.